The van der Waals surface area contributed by atoms with Crippen molar-refractivity contribution in [3.8, 4) is 0 Å². The van der Waals surface area contributed by atoms with Crippen LogP contribution in [0.4, 0.5) is 8.78 Å². The lowest BCUT2D eigenvalue weighted by Crippen LogP contribution is -2.38. The van der Waals surface area contributed by atoms with Gasteiger partial charge in [-0.3, -0.25) is 4.79 Å². The second-order valence-corrected chi connectivity index (χ2v) is 4.16. The Balaban J connectivity index is 2.24. The molecule has 0 saturated carbocycles. The summed E-state index contributed by atoms with van der Waals surface area (Å²) < 4.78 is 23.8. The summed E-state index contributed by atoms with van der Waals surface area (Å²) >= 11 is 0. The summed E-state index contributed by atoms with van der Waals surface area (Å²) in [5.41, 5.74) is 0. The van der Waals surface area contributed by atoms with Crippen molar-refractivity contribution in [1.29, 1.82) is 0 Å². The summed E-state index contributed by atoms with van der Waals surface area (Å²) in [6.07, 6.45) is 0.538. The van der Waals surface area contributed by atoms with Crippen molar-refractivity contribution < 1.29 is 13.6 Å². The van der Waals surface area contributed by atoms with Gasteiger partial charge in [-0.25, -0.2) is 8.78 Å². The van der Waals surface area contributed by atoms with Crippen molar-refractivity contribution in [1.82, 2.24) is 4.90 Å². The van der Waals surface area contributed by atoms with E-state index < -0.39 is 6.43 Å². The number of nitrogens with zero attached hydrogens (tertiary/aromatic N) is 1. The van der Waals surface area contributed by atoms with E-state index in [1.807, 2.05) is 0 Å². The fourth-order valence-corrected chi connectivity index (χ4v) is 1.98. The predicted octanol–water partition coefficient (Wildman–Crippen LogP) is 2.68. The van der Waals surface area contributed by atoms with Gasteiger partial charge in [0.2, 0.25) is 12.3 Å². The minimum absolute atomic E-state index is 0.00550. The summed E-state index contributed by atoms with van der Waals surface area (Å²) in [5, 5.41) is 0. The maximum atomic E-state index is 11.9. The van der Waals surface area contributed by atoms with E-state index in [9.17, 15) is 13.6 Å². The molecular formula is C11H19F2NO. The van der Waals surface area contributed by atoms with Gasteiger partial charge in [-0.15, -0.1) is 0 Å². The molecule has 0 radical (unpaired) electrons. The van der Waals surface area contributed by atoms with E-state index in [1.165, 1.54) is 0 Å². The van der Waals surface area contributed by atoms with E-state index in [4.69, 9.17) is 0 Å². The van der Waals surface area contributed by atoms with Crippen LogP contribution in [0.3, 0.4) is 0 Å². The van der Waals surface area contributed by atoms with Crippen molar-refractivity contribution >= 4 is 5.91 Å². The number of amides is 1. The molecule has 0 aromatic rings. The molecule has 1 aliphatic heterocycles. The minimum atomic E-state index is -2.36. The molecule has 1 fully saturated rings. The molecule has 0 bridgehead atoms. The van der Waals surface area contributed by atoms with E-state index in [-0.39, 0.29) is 18.7 Å². The number of hydrogen-bond donors (Lipinski definition) is 0. The molecule has 88 valence electrons. The van der Waals surface area contributed by atoms with Gasteiger partial charge in [-0.05, 0) is 18.8 Å². The lowest BCUT2D eigenvalue weighted by Gasteiger charge is -2.31. The Bertz CT molecular complexity index is 201. The Morgan fingerprint density at radius 1 is 1.40 bits per heavy atom. The van der Waals surface area contributed by atoms with Gasteiger partial charge in [0.05, 0.1) is 0 Å². The molecule has 2 nitrogen and oxygen atoms in total. The van der Waals surface area contributed by atoms with E-state index in [1.54, 1.807) is 4.90 Å². The van der Waals surface area contributed by atoms with Crippen LogP contribution in [0.1, 0.15) is 39.0 Å². The van der Waals surface area contributed by atoms with Gasteiger partial charge in [-0.2, -0.15) is 0 Å². The zero-order valence-electron chi connectivity index (χ0n) is 9.22. The highest BCUT2D eigenvalue weighted by Crippen LogP contribution is 2.20. The number of likely N-dealkylation sites (tertiary alicyclic amines) is 1. The highest BCUT2D eigenvalue weighted by Gasteiger charge is 2.21. The third kappa shape index (κ3) is 4.14. The molecule has 15 heavy (non-hydrogen) atoms. The largest absolute Gasteiger partial charge is 0.343 e. The van der Waals surface area contributed by atoms with Crippen LogP contribution in [0.15, 0.2) is 0 Å². The van der Waals surface area contributed by atoms with Crippen LogP contribution in [-0.2, 0) is 4.79 Å². The lowest BCUT2D eigenvalue weighted by molar-refractivity contribution is -0.133. The highest BCUT2D eigenvalue weighted by molar-refractivity contribution is 5.76. The van der Waals surface area contributed by atoms with Gasteiger partial charge in [0.15, 0.2) is 0 Å². The zero-order chi connectivity index (χ0) is 11.3. The van der Waals surface area contributed by atoms with Gasteiger partial charge < -0.3 is 4.90 Å². The van der Waals surface area contributed by atoms with Crippen LogP contribution < -0.4 is 0 Å². The molecule has 0 spiro atoms. The van der Waals surface area contributed by atoms with Crippen LogP contribution in [0, 0.1) is 5.92 Å². The number of carbonyl (C=O) groups excluding carboxylic acids is 1. The second-order valence-electron chi connectivity index (χ2n) is 4.16. The summed E-state index contributed by atoms with van der Waals surface area (Å²) in [7, 11) is 0. The second kappa shape index (κ2) is 6.03. The lowest BCUT2D eigenvalue weighted by atomic mass is 9.94. The average molecular weight is 219 g/mol. The van der Waals surface area contributed by atoms with Crippen LogP contribution in [0.25, 0.3) is 0 Å². The standard InChI is InChI=1S/C11H19F2NO/c1-2-9-5-7-14(8-6-9)11(15)4-3-10(12)13/h9-10H,2-8H2,1H3. The molecule has 0 aromatic carbocycles. The van der Waals surface area contributed by atoms with Gasteiger partial charge in [-0.1, -0.05) is 13.3 Å². The van der Waals surface area contributed by atoms with Crippen molar-refractivity contribution in [3.63, 3.8) is 0 Å². The molecule has 1 saturated heterocycles. The Morgan fingerprint density at radius 2 is 2.00 bits per heavy atom. The first-order valence-corrected chi connectivity index (χ1v) is 5.69. The summed E-state index contributed by atoms with van der Waals surface area (Å²) in [5.74, 6) is 0.606. The molecule has 1 aliphatic rings. The van der Waals surface area contributed by atoms with E-state index in [0.717, 1.165) is 32.4 Å². The van der Waals surface area contributed by atoms with Gasteiger partial charge in [0, 0.05) is 25.9 Å². The van der Waals surface area contributed by atoms with Crippen LogP contribution in [0.2, 0.25) is 0 Å². The van der Waals surface area contributed by atoms with Crippen molar-refractivity contribution in [2.45, 2.75) is 45.5 Å². The molecule has 0 aliphatic carbocycles. The molecule has 0 unspecified atom stereocenters. The summed E-state index contributed by atoms with van der Waals surface area (Å²) in [6.45, 7) is 3.65. The Kier molecular flexibility index (Phi) is 4.99. The van der Waals surface area contributed by atoms with Gasteiger partial charge in [0.1, 0.15) is 0 Å². The van der Waals surface area contributed by atoms with Gasteiger partial charge in [0.25, 0.3) is 0 Å². The summed E-state index contributed by atoms with van der Waals surface area (Å²) in [4.78, 5) is 13.2. The van der Waals surface area contributed by atoms with E-state index >= 15 is 0 Å². The van der Waals surface area contributed by atoms with Crippen LogP contribution in [0.5, 0.6) is 0 Å². The zero-order valence-corrected chi connectivity index (χ0v) is 9.22. The average Bonchev–Trinajstić information content (AvgIpc) is 2.26. The van der Waals surface area contributed by atoms with Crippen LogP contribution >= 0.6 is 0 Å². The predicted molar refractivity (Wildman–Crippen MR) is 54.8 cm³/mol. The molecule has 4 heteroatoms. The highest BCUT2D eigenvalue weighted by atomic mass is 19.3. The Morgan fingerprint density at radius 3 is 2.47 bits per heavy atom. The first-order chi connectivity index (χ1) is 7.13. The topological polar surface area (TPSA) is 20.3 Å². The third-order valence-corrected chi connectivity index (χ3v) is 3.12. The SMILES string of the molecule is CCC1CCN(C(=O)CCC(F)F)CC1. The number of alkyl halides is 2. The number of halogens is 2. The first-order valence-electron chi connectivity index (χ1n) is 5.69. The van der Waals surface area contributed by atoms with Crippen molar-refractivity contribution in [2.75, 3.05) is 13.1 Å². The molecular weight excluding hydrogens is 200 g/mol. The maximum absolute atomic E-state index is 11.9. The number of carbonyl (C=O) groups is 1. The Hall–Kier alpha value is -0.670. The minimum Gasteiger partial charge on any atom is -0.343 e. The van der Waals surface area contributed by atoms with E-state index in [0.29, 0.717) is 5.92 Å². The van der Waals surface area contributed by atoms with Crippen LogP contribution in [-0.4, -0.2) is 30.3 Å². The number of piperidine rings is 1. The molecule has 0 atom stereocenters. The Labute approximate surface area is 89.6 Å². The normalized spacial score (nSPS) is 18.5. The first kappa shape index (κ1) is 12.4. The van der Waals surface area contributed by atoms with Crippen molar-refractivity contribution in [2.24, 2.45) is 5.92 Å². The van der Waals surface area contributed by atoms with Crippen molar-refractivity contribution in [3.05, 3.63) is 0 Å². The fourth-order valence-electron chi connectivity index (χ4n) is 1.98. The monoisotopic (exact) mass is 219 g/mol. The molecule has 1 rings (SSSR count). The number of hydrogen-bond acceptors (Lipinski definition) is 1. The number of rotatable bonds is 4. The van der Waals surface area contributed by atoms with Gasteiger partial charge >= 0.3 is 0 Å². The molecule has 0 N–H and O–H groups in total. The fraction of sp³-hybridized carbons (Fsp3) is 0.909. The smallest absolute Gasteiger partial charge is 0.239 e. The molecule has 1 amide bonds. The molecule has 0 aromatic heterocycles. The summed E-state index contributed by atoms with van der Waals surface area (Å²) in [6, 6.07) is 0. The molecule has 1 heterocycles. The quantitative estimate of drug-likeness (QED) is 0.712. The van der Waals surface area contributed by atoms with E-state index in [2.05, 4.69) is 6.92 Å². The third-order valence-electron chi connectivity index (χ3n) is 3.12. The maximum Gasteiger partial charge on any atom is 0.239 e.